The molecule has 3 rings (SSSR count). The summed E-state index contributed by atoms with van der Waals surface area (Å²) < 4.78 is 11.5. The number of anilines is 1. The molecule has 4 heteroatoms. The largest absolute Gasteiger partial charge is 0.489 e. The van der Waals surface area contributed by atoms with Crippen LogP contribution in [0.25, 0.3) is 11.1 Å². The maximum absolute atomic E-state index is 5.97. The van der Waals surface area contributed by atoms with Gasteiger partial charge in [0.25, 0.3) is 0 Å². The van der Waals surface area contributed by atoms with Crippen LogP contribution in [0.5, 0.6) is 11.5 Å². The molecule has 0 fully saturated rings. The molecule has 0 radical (unpaired) electrons. The number of nitrogens with two attached hydrogens (primary N) is 1. The summed E-state index contributed by atoms with van der Waals surface area (Å²) in [5, 5.41) is 0. The van der Waals surface area contributed by atoms with Crippen molar-refractivity contribution in [1.29, 1.82) is 0 Å². The van der Waals surface area contributed by atoms with E-state index in [1.165, 1.54) is 0 Å². The van der Waals surface area contributed by atoms with Crippen LogP contribution in [0.4, 0.5) is 5.69 Å². The molecule has 2 N–H and O–H groups in total. The summed E-state index contributed by atoms with van der Waals surface area (Å²) in [5.74, 6) is 1.94. The van der Waals surface area contributed by atoms with Crippen LogP contribution >= 0.6 is 0 Å². The Balaban J connectivity index is 2.00. The fourth-order valence-electron chi connectivity index (χ4n) is 2.07. The minimum Gasteiger partial charge on any atom is -0.489 e. The van der Waals surface area contributed by atoms with Crippen molar-refractivity contribution in [3.8, 4) is 22.6 Å². The molecular weight excluding hydrogens is 240 g/mol. The highest BCUT2D eigenvalue weighted by molar-refractivity contribution is 5.76. The average Bonchev–Trinajstić information content (AvgIpc) is 2.61. The fraction of sp³-hybridized carbons (Fsp3) is 0.267. The van der Waals surface area contributed by atoms with Gasteiger partial charge in [-0.2, -0.15) is 0 Å². The molecule has 4 nitrogen and oxygen atoms in total. The van der Waals surface area contributed by atoms with Gasteiger partial charge < -0.3 is 15.2 Å². The Kier molecular flexibility index (Phi) is 2.99. The van der Waals surface area contributed by atoms with E-state index >= 15 is 0 Å². The number of pyridine rings is 1. The van der Waals surface area contributed by atoms with E-state index in [4.69, 9.17) is 15.2 Å². The van der Waals surface area contributed by atoms with Crippen molar-refractivity contribution < 1.29 is 9.47 Å². The van der Waals surface area contributed by atoms with Crippen molar-refractivity contribution >= 4 is 5.69 Å². The number of nitrogens with zero attached hydrogens (tertiary/aromatic N) is 1. The monoisotopic (exact) mass is 256 g/mol. The summed E-state index contributed by atoms with van der Waals surface area (Å²) in [6.07, 6.45) is 3.45. The van der Waals surface area contributed by atoms with Crippen LogP contribution in [0.3, 0.4) is 0 Å². The number of ether oxygens (including phenoxy) is 2. The van der Waals surface area contributed by atoms with Gasteiger partial charge in [0.15, 0.2) is 11.5 Å². The standard InChI is InChI=1S/C15H16N2O2/c1-10-8-18-14-3-2-11(6-15(14)19-9-10)12-7-17-5-4-13(12)16/h2-7,10H,8-9H2,1H3,(H2,16,17). The molecule has 0 saturated heterocycles. The second-order valence-electron chi connectivity index (χ2n) is 4.85. The topological polar surface area (TPSA) is 57.4 Å². The summed E-state index contributed by atoms with van der Waals surface area (Å²) in [5.41, 5.74) is 8.57. The quantitative estimate of drug-likeness (QED) is 0.852. The second kappa shape index (κ2) is 4.80. The average molecular weight is 256 g/mol. The van der Waals surface area contributed by atoms with Crippen molar-refractivity contribution in [1.82, 2.24) is 4.98 Å². The first-order chi connectivity index (χ1) is 9.24. The number of nitrogen functional groups attached to an aromatic ring is 1. The van der Waals surface area contributed by atoms with Crippen LogP contribution in [0.1, 0.15) is 6.92 Å². The third kappa shape index (κ3) is 2.34. The smallest absolute Gasteiger partial charge is 0.161 e. The van der Waals surface area contributed by atoms with Crippen LogP contribution in [0.15, 0.2) is 36.7 Å². The Morgan fingerprint density at radius 2 is 1.95 bits per heavy atom. The summed E-state index contributed by atoms with van der Waals surface area (Å²) >= 11 is 0. The molecule has 1 aliphatic rings. The highest BCUT2D eigenvalue weighted by Gasteiger charge is 2.16. The molecule has 1 unspecified atom stereocenters. The summed E-state index contributed by atoms with van der Waals surface area (Å²) in [6, 6.07) is 7.65. The van der Waals surface area contributed by atoms with E-state index in [0.717, 1.165) is 22.6 Å². The SMILES string of the molecule is CC1COc2ccc(-c3cnccc3N)cc2OC1. The summed E-state index contributed by atoms with van der Waals surface area (Å²) in [6.45, 7) is 3.45. The Morgan fingerprint density at radius 3 is 2.74 bits per heavy atom. The molecule has 1 aliphatic heterocycles. The van der Waals surface area contributed by atoms with Crippen molar-refractivity contribution in [2.45, 2.75) is 6.92 Å². The van der Waals surface area contributed by atoms with Gasteiger partial charge in [-0.15, -0.1) is 0 Å². The number of rotatable bonds is 1. The maximum Gasteiger partial charge on any atom is 0.161 e. The lowest BCUT2D eigenvalue weighted by Gasteiger charge is -2.10. The minimum atomic E-state index is 0.388. The number of aromatic nitrogens is 1. The lowest BCUT2D eigenvalue weighted by Crippen LogP contribution is -2.12. The second-order valence-corrected chi connectivity index (χ2v) is 4.85. The van der Waals surface area contributed by atoms with Gasteiger partial charge in [0.05, 0.1) is 13.2 Å². The Bertz CT molecular complexity index is 598. The number of hydrogen-bond donors (Lipinski definition) is 1. The Morgan fingerprint density at radius 1 is 1.16 bits per heavy atom. The van der Waals surface area contributed by atoms with E-state index in [1.807, 2.05) is 18.2 Å². The molecular formula is C15H16N2O2. The third-order valence-electron chi connectivity index (χ3n) is 3.16. The lowest BCUT2D eigenvalue weighted by molar-refractivity contribution is 0.228. The molecule has 0 bridgehead atoms. The molecule has 2 aromatic rings. The molecule has 1 aromatic carbocycles. The number of hydrogen-bond acceptors (Lipinski definition) is 4. The minimum absolute atomic E-state index is 0.388. The zero-order valence-electron chi connectivity index (χ0n) is 10.8. The van der Waals surface area contributed by atoms with E-state index in [0.29, 0.717) is 24.8 Å². The van der Waals surface area contributed by atoms with Gasteiger partial charge >= 0.3 is 0 Å². The molecule has 0 saturated carbocycles. The molecule has 2 heterocycles. The molecule has 0 aliphatic carbocycles. The van der Waals surface area contributed by atoms with Crippen LogP contribution < -0.4 is 15.2 Å². The van der Waals surface area contributed by atoms with Gasteiger partial charge in [0, 0.05) is 29.6 Å². The zero-order valence-corrected chi connectivity index (χ0v) is 10.8. The van der Waals surface area contributed by atoms with Gasteiger partial charge in [0.1, 0.15) is 0 Å². The highest BCUT2D eigenvalue weighted by atomic mass is 16.5. The molecule has 19 heavy (non-hydrogen) atoms. The van der Waals surface area contributed by atoms with Crippen molar-refractivity contribution in [3.05, 3.63) is 36.7 Å². The van der Waals surface area contributed by atoms with Gasteiger partial charge in [0.2, 0.25) is 0 Å². The van der Waals surface area contributed by atoms with Crippen LogP contribution in [0, 0.1) is 5.92 Å². The van der Waals surface area contributed by atoms with E-state index in [2.05, 4.69) is 11.9 Å². The molecule has 0 amide bonds. The third-order valence-corrected chi connectivity index (χ3v) is 3.16. The number of benzene rings is 1. The first-order valence-electron chi connectivity index (χ1n) is 6.33. The lowest BCUT2D eigenvalue weighted by atomic mass is 10.1. The van der Waals surface area contributed by atoms with E-state index in [9.17, 15) is 0 Å². The highest BCUT2D eigenvalue weighted by Crippen LogP contribution is 2.36. The fourth-order valence-corrected chi connectivity index (χ4v) is 2.07. The van der Waals surface area contributed by atoms with E-state index in [-0.39, 0.29) is 0 Å². The Labute approximate surface area is 112 Å². The molecule has 1 aromatic heterocycles. The van der Waals surface area contributed by atoms with Gasteiger partial charge in [-0.3, -0.25) is 4.98 Å². The Hall–Kier alpha value is -2.23. The van der Waals surface area contributed by atoms with Gasteiger partial charge in [-0.05, 0) is 23.8 Å². The van der Waals surface area contributed by atoms with Crippen LogP contribution in [-0.4, -0.2) is 18.2 Å². The first-order valence-corrected chi connectivity index (χ1v) is 6.33. The number of fused-ring (bicyclic) bond motifs is 1. The summed E-state index contributed by atoms with van der Waals surface area (Å²) in [7, 11) is 0. The molecule has 0 spiro atoms. The molecule has 1 atom stereocenters. The van der Waals surface area contributed by atoms with Crippen LogP contribution in [-0.2, 0) is 0 Å². The normalized spacial score (nSPS) is 17.8. The van der Waals surface area contributed by atoms with Crippen molar-refractivity contribution in [3.63, 3.8) is 0 Å². The maximum atomic E-state index is 5.97. The van der Waals surface area contributed by atoms with E-state index < -0.39 is 0 Å². The zero-order chi connectivity index (χ0) is 13.2. The predicted molar refractivity (Wildman–Crippen MR) is 74.2 cm³/mol. The van der Waals surface area contributed by atoms with Crippen molar-refractivity contribution in [2.24, 2.45) is 5.92 Å². The van der Waals surface area contributed by atoms with Crippen molar-refractivity contribution in [2.75, 3.05) is 18.9 Å². The van der Waals surface area contributed by atoms with Gasteiger partial charge in [-0.25, -0.2) is 0 Å². The summed E-state index contributed by atoms with van der Waals surface area (Å²) in [4.78, 5) is 4.11. The van der Waals surface area contributed by atoms with Gasteiger partial charge in [-0.1, -0.05) is 13.0 Å². The molecule has 98 valence electrons. The first kappa shape index (κ1) is 11.8. The predicted octanol–water partition coefficient (Wildman–Crippen LogP) is 2.74. The van der Waals surface area contributed by atoms with E-state index in [1.54, 1.807) is 18.5 Å². The van der Waals surface area contributed by atoms with Crippen LogP contribution in [0.2, 0.25) is 0 Å².